The highest BCUT2D eigenvalue weighted by Gasteiger charge is 2.36. The molecule has 4 fully saturated rings. The zero-order valence-corrected chi connectivity index (χ0v) is 21.9. The maximum atomic E-state index is 12.8. The lowest BCUT2D eigenvalue weighted by Crippen LogP contribution is -2.51. The molecular formula is C26H39ClN4O5. The Kier molecular flexibility index (Phi) is 9.70. The fraction of sp³-hybridized carbons (Fsp3) is 0.692. The van der Waals surface area contributed by atoms with Gasteiger partial charge >= 0.3 is 5.97 Å². The van der Waals surface area contributed by atoms with Crippen molar-refractivity contribution in [3.8, 4) is 5.75 Å². The van der Waals surface area contributed by atoms with Gasteiger partial charge in [0.2, 0.25) is 0 Å². The Bertz CT molecular complexity index is 909. The van der Waals surface area contributed by atoms with Crippen molar-refractivity contribution in [2.75, 3.05) is 64.8 Å². The molecule has 10 heteroatoms. The number of fused-ring (bicyclic) bond motifs is 3. The monoisotopic (exact) mass is 522 g/mol. The molecular weight excluding hydrogens is 484 g/mol. The molecule has 36 heavy (non-hydrogen) atoms. The summed E-state index contributed by atoms with van der Waals surface area (Å²) in [6.07, 6.45) is 4.50. The molecule has 2 bridgehead atoms. The van der Waals surface area contributed by atoms with E-state index in [2.05, 4.69) is 15.1 Å². The fourth-order valence-corrected chi connectivity index (χ4v) is 5.47. The van der Waals surface area contributed by atoms with Crippen LogP contribution in [0.25, 0.3) is 0 Å². The number of nitrogen functional groups attached to an aromatic ring is 1. The second-order valence-electron chi connectivity index (χ2n) is 9.93. The van der Waals surface area contributed by atoms with Crippen LogP contribution in [0.1, 0.15) is 49.4 Å². The zero-order valence-electron chi connectivity index (χ0n) is 21.2. The average Bonchev–Trinajstić information content (AvgIpc) is 2.88. The second-order valence-corrected chi connectivity index (χ2v) is 10.3. The first-order valence-electron chi connectivity index (χ1n) is 13.2. The maximum Gasteiger partial charge on any atom is 0.306 e. The first-order valence-corrected chi connectivity index (χ1v) is 13.6. The molecule has 4 heterocycles. The fourth-order valence-electron chi connectivity index (χ4n) is 5.31. The van der Waals surface area contributed by atoms with Gasteiger partial charge in [0.05, 0.1) is 35.6 Å². The summed E-state index contributed by atoms with van der Waals surface area (Å²) < 4.78 is 17.2. The number of anilines is 1. The molecule has 1 unspecified atom stereocenters. The number of halogens is 1. The maximum absolute atomic E-state index is 12.8. The Labute approximate surface area is 218 Å². The molecule has 4 aliphatic heterocycles. The Morgan fingerprint density at radius 2 is 2.00 bits per heavy atom. The highest BCUT2D eigenvalue weighted by molar-refractivity contribution is 6.33. The number of nitrogens with one attached hydrogen (secondary N) is 1. The molecule has 3 N–H and O–H groups in total. The molecule has 1 aromatic rings. The molecule has 4 aliphatic rings. The molecule has 0 radical (unpaired) electrons. The normalized spacial score (nSPS) is 25.9. The third-order valence-electron chi connectivity index (χ3n) is 7.34. The van der Waals surface area contributed by atoms with Crippen LogP contribution < -0.4 is 15.8 Å². The van der Waals surface area contributed by atoms with Crippen molar-refractivity contribution >= 4 is 29.2 Å². The Hall–Kier alpha value is -2.07. The van der Waals surface area contributed by atoms with Gasteiger partial charge in [-0.05, 0) is 64.2 Å². The largest absolute Gasteiger partial charge is 0.493 e. The third-order valence-corrected chi connectivity index (χ3v) is 7.67. The van der Waals surface area contributed by atoms with Gasteiger partial charge in [0.1, 0.15) is 11.9 Å². The highest BCUT2D eigenvalue weighted by atomic mass is 35.5. The minimum Gasteiger partial charge on any atom is -0.493 e. The Morgan fingerprint density at radius 1 is 1.19 bits per heavy atom. The highest BCUT2D eigenvalue weighted by Crippen LogP contribution is 2.30. The number of unbranched alkanes of at least 4 members (excludes halogenated alkanes) is 1. The molecule has 2 atom stereocenters. The van der Waals surface area contributed by atoms with E-state index >= 15 is 0 Å². The summed E-state index contributed by atoms with van der Waals surface area (Å²) in [5.41, 5.74) is 6.58. The van der Waals surface area contributed by atoms with Crippen molar-refractivity contribution in [3.63, 3.8) is 0 Å². The first-order chi connectivity index (χ1) is 17.4. The summed E-state index contributed by atoms with van der Waals surface area (Å²) in [5, 5.41) is 3.25. The Morgan fingerprint density at radius 3 is 2.72 bits per heavy atom. The number of rotatable bonds is 11. The van der Waals surface area contributed by atoms with Crippen LogP contribution in [0.2, 0.25) is 5.02 Å². The van der Waals surface area contributed by atoms with Crippen LogP contribution >= 0.6 is 11.6 Å². The number of benzene rings is 1. The number of carbonyl (C=O) groups excluding carboxylic acids is 2. The summed E-state index contributed by atoms with van der Waals surface area (Å²) in [5.74, 6) is 0.621. The van der Waals surface area contributed by atoms with Gasteiger partial charge in [0.15, 0.2) is 0 Å². The van der Waals surface area contributed by atoms with E-state index in [0.717, 1.165) is 65.0 Å². The number of nitrogens with two attached hydrogens (primary N) is 1. The summed E-state index contributed by atoms with van der Waals surface area (Å²) in [4.78, 5) is 29.8. The SMILES string of the molecule is CCOc1cc(N)c(Cl)cc1C(=O)NC[C@@H]1CN(CCCCC(=O)OC2CN3CCC2CC3)CCO1. The van der Waals surface area contributed by atoms with Crippen LogP contribution in [0.5, 0.6) is 5.75 Å². The number of ether oxygens (including phenoxy) is 3. The van der Waals surface area contributed by atoms with Gasteiger partial charge in [-0.3, -0.25) is 19.4 Å². The van der Waals surface area contributed by atoms with E-state index in [1.54, 1.807) is 6.07 Å². The number of hydrogen-bond acceptors (Lipinski definition) is 8. The Balaban J connectivity index is 1.15. The van der Waals surface area contributed by atoms with Crippen molar-refractivity contribution in [3.05, 3.63) is 22.7 Å². The molecule has 1 amide bonds. The molecule has 1 aromatic carbocycles. The molecule has 0 aromatic heterocycles. The standard InChI is InChI=1S/C26H39ClN4O5/c1-2-34-23-14-22(28)21(27)13-20(23)26(33)29-15-19-16-30(11-12-35-19)8-4-3-5-25(32)36-24-17-31-9-6-18(24)7-10-31/h13-14,18-19,24H,2-12,15-17,28H2,1H3,(H,29,33)/t19-,24?/m1/s1. The van der Waals surface area contributed by atoms with E-state index in [-0.39, 0.29) is 24.1 Å². The number of esters is 1. The molecule has 0 aliphatic carbocycles. The summed E-state index contributed by atoms with van der Waals surface area (Å²) in [6.45, 7) is 8.91. The van der Waals surface area contributed by atoms with Crippen LogP contribution in [0.4, 0.5) is 5.69 Å². The number of amides is 1. The lowest BCUT2D eigenvalue weighted by atomic mass is 9.86. The van der Waals surface area contributed by atoms with Gasteiger partial charge in [0.25, 0.3) is 5.91 Å². The first kappa shape index (κ1) is 27.0. The number of morpholine rings is 1. The van der Waals surface area contributed by atoms with Gasteiger partial charge in [0, 0.05) is 38.7 Å². The molecule has 0 saturated carbocycles. The number of hydrogen-bond donors (Lipinski definition) is 2. The van der Waals surface area contributed by atoms with Crippen LogP contribution in [-0.2, 0) is 14.3 Å². The van der Waals surface area contributed by atoms with E-state index in [9.17, 15) is 9.59 Å². The predicted molar refractivity (Wildman–Crippen MR) is 138 cm³/mol. The number of carbonyl (C=O) groups is 2. The third kappa shape index (κ3) is 7.25. The summed E-state index contributed by atoms with van der Waals surface area (Å²) in [7, 11) is 0. The van der Waals surface area contributed by atoms with Gasteiger partial charge in [-0.25, -0.2) is 0 Å². The van der Waals surface area contributed by atoms with Gasteiger partial charge in [-0.1, -0.05) is 11.6 Å². The van der Waals surface area contributed by atoms with Crippen LogP contribution in [0.3, 0.4) is 0 Å². The molecule has 200 valence electrons. The van der Waals surface area contributed by atoms with Crippen LogP contribution in [0, 0.1) is 5.92 Å². The summed E-state index contributed by atoms with van der Waals surface area (Å²) >= 11 is 6.12. The zero-order chi connectivity index (χ0) is 25.5. The van der Waals surface area contributed by atoms with E-state index in [0.29, 0.717) is 54.1 Å². The second kappa shape index (κ2) is 12.9. The molecule has 4 saturated heterocycles. The van der Waals surface area contributed by atoms with Crippen LogP contribution in [-0.4, -0.2) is 92.9 Å². The lowest BCUT2D eigenvalue weighted by Gasteiger charge is -2.43. The van der Waals surface area contributed by atoms with Crippen molar-refractivity contribution in [1.29, 1.82) is 0 Å². The van der Waals surface area contributed by atoms with Gasteiger partial charge in [-0.15, -0.1) is 0 Å². The average molecular weight is 523 g/mol. The minimum absolute atomic E-state index is 0.0643. The smallest absolute Gasteiger partial charge is 0.306 e. The van der Waals surface area contributed by atoms with Crippen molar-refractivity contribution in [2.24, 2.45) is 5.92 Å². The van der Waals surface area contributed by atoms with Crippen molar-refractivity contribution in [1.82, 2.24) is 15.1 Å². The van der Waals surface area contributed by atoms with E-state index in [1.165, 1.54) is 6.07 Å². The van der Waals surface area contributed by atoms with E-state index < -0.39 is 0 Å². The number of piperidine rings is 3. The van der Waals surface area contributed by atoms with Gasteiger partial charge < -0.3 is 25.3 Å². The molecule has 9 nitrogen and oxygen atoms in total. The molecule has 5 rings (SSSR count). The minimum atomic E-state index is -0.275. The predicted octanol–water partition coefficient (Wildman–Crippen LogP) is 2.56. The molecule has 0 spiro atoms. The summed E-state index contributed by atoms with van der Waals surface area (Å²) in [6, 6.07) is 3.11. The number of nitrogens with zero attached hydrogens (tertiary/aromatic N) is 2. The van der Waals surface area contributed by atoms with Crippen LogP contribution in [0.15, 0.2) is 12.1 Å². The topological polar surface area (TPSA) is 106 Å². The lowest BCUT2D eigenvalue weighted by molar-refractivity contribution is -0.158. The van der Waals surface area contributed by atoms with E-state index in [1.807, 2.05) is 6.92 Å². The van der Waals surface area contributed by atoms with E-state index in [4.69, 9.17) is 31.5 Å². The van der Waals surface area contributed by atoms with Crippen molar-refractivity contribution in [2.45, 2.75) is 51.2 Å². The van der Waals surface area contributed by atoms with Crippen molar-refractivity contribution < 1.29 is 23.8 Å². The van der Waals surface area contributed by atoms with Gasteiger partial charge in [-0.2, -0.15) is 0 Å². The quantitative estimate of drug-likeness (QED) is 0.259.